The first-order valence-electron chi connectivity index (χ1n) is 6.70. The first-order valence-corrected chi connectivity index (χ1v) is 8.19. The molecule has 0 saturated carbocycles. The molecule has 5 nitrogen and oxygen atoms in total. The summed E-state index contributed by atoms with van der Waals surface area (Å²) in [7, 11) is -3.64. The molecule has 0 atom stereocenters. The van der Waals surface area contributed by atoms with E-state index in [1.807, 2.05) is 37.3 Å². The third-order valence-electron chi connectivity index (χ3n) is 2.96. The molecule has 0 saturated heterocycles. The molecule has 0 aliphatic heterocycles. The number of nitriles is 1. The lowest BCUT2D eigenvalue weighted by Gasteiger charge is -2.09. The van der Waals surface area contributed by atoms with Gasteiger partial charge in [0.25, 0.3) is 0 Å². The molecule has 2 aromatic carbocycles. The van der Waals surface area contributed by atoms with Gasteiger partial charge in [-0.1, -0.05) is 23.8 Å². The van der Waals surface area contributed by atoms with E-state index in [4.69, 9.17) is 10.00 Å². The standard InChI is InChI=1S/C16H16N2O3S/c1-13-5-7-15(8-6-13)21-10-9-18-22(19,20)16-4-2-3-14(11-16)12-17/h2-8,11,18H,9-10H2,1H3. The van der Waals surface area contributed by atoms with Crippen LogP contribution < -0.4 is 9.46 Å². The molecule has 0 aliphatic carbocycles. The molecule has 2 rings (SSSR count). The highest BCUT2D eigenvalue weighted by molar-refractivity contribution is 7.89. The molecule has 0 aromatic heterocycles. The predicted molar refractivity (Wildman–Crippen MR) is 83.0 cm³/mol. The van der Waals surface area contributed by atoms with Crippen molar-refractivity contribution in [1.82, 2.24) is 4.72 Å². The lowest BCUT2D eigenvalue weighted by Crippen LogP contribution is -2.28. The Morgan fingerprint density at radius 2 is 1.91 bits per heavy atom. The van der Waals surface area contributed by atoms with E-state index in [1.54, 1.807) is 6.07 Å². The quantitative estimate of drug-likeness (QED) is 0.829. The van der Waals surface area contributed by atoms with Gasteiger partial charge in [0.2, 0.25) is 10.0 Å². The fraction of sp³-hybridized carbons (Fsp3) is 0.188. The van der Waals surface area contributed by atoms with Crippen molar-refractivity contribution in [2.45, 2.75) is 11.8 Å². The number of ether oxygens (including phenoxy) is 1. The number of nitrogens with one attached hydrogen (secondary N) is 1. The summed E-state index contributed by atoms with van der Waals surface area (Å²) in [5.74, 6) is 0.691. The highest BCUT2D eigenvalue weighted by Crippen LogP contribution is 2.12. The summed E-state index contributed by atoms with van der Waals surface area (Å²) in [4.78, 5) is 0.0712. The molecule has 0 aliphatic rings. The lowest BCUT2D eigenvalue weighted by molar-refractivity contribution is 0.323. The number of aryl methyl sites for hydroxylation is 1. The number of sulfonamides is 1. The number of hydrogen-bond donors (Lipinski definition) is 1. The second kappa shape index (κ2) is 7.07. The van der Waals surface area contributed by atoms with Crippen LogP contribution >= 0.6 is 0 Å². The van der Waals surface area contributed by atoms with Crippen molar-refractivity contribution in [3.05, 3.63) is 59.7 Å². The van der Waals surface area contributed by atoms with E-state index in [2.05, 4.69) is 4.72 Å². The molecule has 0 radical (unpaired) electrons. The van der Waals surface area contributed by atoms with E-state index in [0.29, 0.717) is 11.3 Å². The average molecular weight is 316 g/mol. The molecule has 1 N–H and O–H groups in total. The molecule has 0 heterocycles. The van der Waals surface area contributed by atoms with Gasteiger partial charge >= 0.3 is 0 Å². The smallest absolute Gasteiger partial charge is 0.240 e. The zero-order valence-corrected chi connectivity index (χ0v) is 12.9. The summed E-state index contributed by atoms with van der Waals surface area (Å²) in [5.41, 5.74) is 1.43. The summed E-state index contributed by atoms with van der Waals surface area (Å²) < 4.78 is 32.1. The molecule has 22 heavy (non-hydrogen) atoms. The maximum atomic E-state index is 12.1. The highest BCUT2D eigenvalue weighted by atomic mass is 32.2. The second-order valence-corrected chi connectivity index (χ2v) is 6.47. The Morgan fingerprint density at radius 3 is 2.59 bits per heavy atom. The van der Waals surface area contributed by atoms with Gasteiger partial charge < -0.3 is 4.74 Å². The number of benzene rings is 2. The molecule has 0 fully saturated rings. The fourth-order valence-corrected chi connectivity index (χ4v) is 2.85. The van der Waals surface area contributed by atoms with Crippen LogP contribution in [0.4, 0.5) is 0 Å². The van der Waals surface area contributed by atoms with Gasteiger partial charge in [0, 0.05) is 6.54 Å². The molecule has 6 heteroatoms. The van der Waals surface area contributed by atoms with Gasteiger partial charge in [0.1, 0.15) is 12.4 Å². The summed E-state index contributed by atoms with van der Waals surface area (Å²) in [6.45, 7) is 2.35. The molecule has 2 aromatic rings. The molecule has 0 unspecified atom stereocenters. The Kier molecular flexibility index (Phi) is 5.15. The van der Waals surface area contributed by atoms with Crippen molar-refractivity contribution < 1.29 is 13.2 Å². The Bertz CT molecular complexity index is 778. The van der Waals surface area contributed by atoms with Gasteiger partial charge in [-0.15, -0.1) is 0 Å². The van der Waals surface area contributed by atoms with Gasteiger partial charge in [-0.2, -0.15) is 5.26 Å². The van der Waals surface area contributed by atoms with Crippen LogP contribution in [-0.2, 0) is 10.0 Å². The van der Waals surface area contributed by atoms with Crippen molar-refractivity contribution in [2.75, 3.05) is 13.2 Å². The summed E-state index contributed by atoms with van der Waals surface area (Å²) in [6, 6.07) is 15.3. The summed E-state index contributed by atoms with van der Waals surface area (Å²) >= 11 is 0. The minimum Gasteiger partial charge on any atom is -0.492 e. The van der Waals surface area contributed by atoms with E-state index in [1.165, 1.54) is 18.2 Å². The molecular weight excluding hydrogens is 300 g/mol. The van der Waals surface area contributed by atoms with E-state index in [-0.39, 0.29) is 18.0 Å². The average Bonchev–Trinajstić information content (AvgIpc) is 2.53. The van der Waals surface area contributed by atoms with Crippen molar-refractivity contribution in [1.29, 1.82) is 5.26 Å². The largest absolute Gasteiger partial charge is 0.492 e. The third kappa shape index (κ3) is 4.32. The van der Waals surface area contributed by atoms with Crippen LogP contribution in [0.3, 0.4) is 0 Å². The van der Waals surface area contributed by atoms with Gasteiger partial charge in [-0.3, -0.25) is 0 Å². The Balaban J connectivity index is 1.90. The normalized spacial score (nSPS) is 10.9. The van der Waals surface area contributed by atoms with Crippen molar-refractivity contribution in [3.63, 3.8) is 0 Å². The number of rotatable bonds is 6. The van der Waals surface area contributed by atoms with Gasteiger partial charge in [-0.25, -0.2) is 13.1 Å². The molecule has 0 bridgehead atoms. The third-order valence-corrected chi connectivity index (χ3v) is 4.42. The van der Waals surface area contributed by atoms with Crippen LogP contribution in [0.5, 0.6) is 5.75 Å². The van der Waals surface area contributed by atoms with E-state index < -0.39 is 10.0 Å². The highest BCUT2D eigenvalue weighted by Gasteiger charge is 2.13. The van der Waals surface area contributed by atoms with E-state index >= 15 is 0 Å². The van der Waals surface area contributed by atoms with Gasteiger partial charge in [0.05, 0.1) is 16.5 Å². The minimum atomic E-state index is -3.64. The minimum absolute atomic E-state index is 0.0712. The van der Waals surface area contributed by atoms with Crippen LogP contribution in [-0.4, -0.2) is 21.6 Å². The molecular formula is C16H16N2O3S. The van der Waals surface area contributed by atoms with Gasteiger partial charge in [-0.05, 0) is 37.3 Å². The van der Waals surface area contributed by atoms with Crippen LogP contribution in [0.2, 0.25) is 0 Å². The summed E-state index contributed by atoms with van der Waals surface area (Å²) in [6.07, 6.45) is 0. The molecule has 0 amide bonds. The SMILES string of the molecule is Cc1ccc(OCCNS(=O)(=O)c2cccc(C#N)c2)cc1. The number of hydrogen-bond acceptors (Lipinski definition) is 4. The second-order valence-electron chi connectivity index (χ2n) is 4.70. The predicted octanol–water partition coefficient (Wildman–Crippen LogP) is 2.22. The lowest BCUT2D eigenvalue weighted by atomic mass is 10.2. The number of nitrogens with zero attached hydrogens (tertiary/aromatic N) is 1. The maximum absolute atomic E-state index is 12.1. The van der Waals surface area contributed by atoms with Gasteiger partial charge in [0.15, 0.2) is 0 Å². The zero-order valence-electron chi connectivity index (χ0n) is 12.1. The monoisotopic (exact) mass is 316 g/mol. The Labute approximate surface area is 130 Å². The first-order chi connectivity index (χ1) is 10.5. The Morgan fingerprint density at radius 1 is 1.18 bits per heavy atom. The van der Waals surface area contributed by atoms with E-state index in [9.17, 15) is 8.42 Å². The first kappa shape index (κ1) is 16.0. The zero-order chi connectivity index (χ0) is 16.0. The van der Waals surface area contributed by atoms with E-state index in [0.717, 1.165) is 5.56 Å². The topological polar surface area (TPSA) is 79.2 Å². The van der Waals surface area contributed by atoms with Crippen molar-refractivity contribution in [2.24, 2.45) is 0 Å². The van der Waals surface area contributed by atoms with Crippen molar-refractivity contribution in [3.8, 4) is 11.8 Å². The molecule has 0 spiro atoms. The Hall–Kier alpha value is -2.36. The van der Waals surface area contributed by atoms with Crippen molar-refractivity contribution >= 4 is 10.0 Å². The van der Waals surface area contributed by atoms with Crippen LogP contribution in [0, 0.1) is 18.3 Å². The van der Waals surface area contributed by atoms with Crippen LogP contribution in [0.1, 0.15) is 11.1 Å². The summed E-state index contributed by atoms with van der Waals surface area (Å²) in [5, 5.41) is 8.80. The van der Waals surface area contributed by atoms with Crippen LogP contribution in [0.15, 0.2) is 53.4 Å². The molecule has 114 valence electrons. The van der Waals surface area contributed by atoms with Crippen LogP contribution in [0.25, 0.3) is 0 Å². The maximum Gasteiger partial charge on any atom is 0.240 e. The fourth-order valence-electron chi connectivity index (χ4n) is 1.80.